The molecule has 0 unspecified atom stereocenters. The van der Waals surface area contributed by atoms with E-state index in [-0.39, 0.29) is 0 Å². The Hall–Kier alpha value is -0.890. The van der Waals surface area contributed by atoms with Gasteiger partial charge in [0.1, 0.15) is 0 Å². The molecule has 0 spiro atoms. The number of aliphatic hydroxyl groups is 1. The van der Waals surface area contributed by atoms with Crippen molar-refractivity contribution in [1.82, 2.24) is 4.98 Å². The van der Waals surface area contributed by atoms with Crippen LogP contribution in [0.25, 0.3) is 0 Å². The van der Waals surface area contributed by atoms with Crippen LogP contribution in [-0.2, 0) is 0 Å². The highest BCUT2D eigenvalue weighted by molar-refractivity contribution is 5.12. The predicted octanol–water partition coefficient (Wildman–Crippen LogP) is 1.96. The van der Waals surface area contributed by atoms with Crippen molar-refractivity contribution < 1.29 is 5.11 Å². The van der Waals surface area contributed by atoms with Gasteiger partial charge in [-0.05, 0) is 30.9 Å². The summed E-state index contributed by atoms with van der Waals surface area (Å²) < 4.78 is 0. The summed E-state index contributed by atoms with van der Waals surface area (Å²) in [6.45, 7) is 0.307. The minimum atomic E-state index is 0.307. The molecule has 0 radical (unpaired) electrons. The summed E-state index contributed by atoms with van der Waals surface area (Å²) >= 11 is 0. The topological polar surface area (TPSA) is 33.1 Å². The van der Waals surface area contributed by atoms with Gasteiger partial charge in [-0.15, -0.1) is 0 Å². The van der Waals surface area contributed by atoms with E-state index in [4.69, 9.17) is 5.11 Å². The fourth-order valence-corrected chi connectivity index (χ4v) is 2.24. The van der Waals surface area contributed by atoms with Crippen LogP contribution in [0, 0.1) is 5.92 Å². The van der Waals surface area contributed by atoms with Gasteiger partial charge in [0.05, 0.1) is 0 Å². The summed E-state index contributed by atoms with van der Waals surface area (Å²) in [5, 5.41) is 9.17. The number of aliphatic hydroxyl groups excluding tert-OH is 1. The highest BCUT2D eigenvalue weighted by atomic mass is 16.3. The summed E-state index contributed by atoms with van der Waals surface area (Å²) in [5.41, 5.74) is 1.15. The minimum Gasteiger partial charge on any atom is -0.396 e. The second-order valence-electron chi connectivity index (χ2n) is 3.73. The van der Waals surface area contributed by atoms with Gasteiger partial charge in [0.2, 0.25) is 0 Å². The van der Waals surface area contributed by atoms with Crippen LogP contribution in [0.5, 0.6) is 0 Å². The summed E-state index contributed by atoms with van der Waals surface area (Å²) in [4.78, 5) is 4.35. The molecule has 2 nitrogen and oxygen atoms in total. The lowest BCUT2D eigenvalue weighted by Gasteiger charge is -2.15. The maximum absolute atomic E-state index is 9.17. The first kappa shape index (κ1) is 8.70. The molecule has 70 valence electrons. The van der Waals surface area contributed by atoms with Crippen molar-refractivity contribution in [3.8, 4) is 0 Å². The van der Waals surface area contributed by atoms with Gasteiger partial charge in [-0.1, -0.05) is 12.5 Å². The number of pyridine rings is 1. The Bertz CT molecular complexity index is 260. The average molecular weight is 177 g/mol. The van der Waals surface area contributed by atoms with Crippen molar-refractivity contribution in [3.63, 3.8) is 0 Å². The van der Waals surface area contributed by atoms with Crippen molar-refractivity contribution >= 4 is 0 Å². The Morgan fingerprint density at radius 1 is 1.38 bits per heavy atom. The van der Waals surface area contributed by atoms with Crippen LogP contribution in [0.15, 0.2) is 24.4 Å². The third-order valence-corrected chi connectivity index (χ3v) is 2.96. The number of hydrogen-bond acceptors (Lipinski definition) is 2. The van der Waals surface area contributed by atoms with Gasteiger partial charge < -0.3 is 5.11 Å². The Balaban J connectivity index is 2.16. The highest BCUT2D eigenvalue weighted by Crippen LogP contribution is 2.38. The van der Waals surface area contributed by atoms with Crippen molar-refractivity contribution in [2.24, 2.45) is 5.92 Å². The minimum absolute atomic E-state index is 0.307. The molecule has 2 heteroatoms. The van der Waals surface area contributed by atoms with Crippen molar-refractivity contribution in [1.29, 1.82) is 0 Å². The third kappa shape index (κ3) is 1.73. The number of hydrogen-bond donors (Lipinski definition) is 1. The molecule has 1 saturated carbocycles. The monoisotopic (exact) mass is 177 g/mol. The molecule has 2 rings (SSSR count). The van der Waals surface area contributed by atoms with E-state index in [2.05, 4.69) is 11.1 Å². The van der Waals surface area contributed by atoms with Gasteiger partial charge >= 0.3 is 0 Å². The van der Waals surface area contributed by atoms with Gasteiger partial charge in [-0.3, -0.25) is 4.98 Å². The number of aromatic nitrogens is 1. The molecule has 1 N–H and O–H groups in total. The Labute approximate surface area is 78.6 Å². The van der Waals surface area contributed by atoms with E-state index in [1.54, 1.807) is 0 Å². The molecule has 13 heavy (non-hydrogen) atoms. The van der Waals surface area contributed by atoms with Crippen LogP contribution < -0.4 is 0 Å². The molecule has 0 bridgehead atoms. The van der Waals surface area contributed by atoms with Crippen LogP contribution in [0.4, 0.5) is 0 Å². The van der Waals surface area contributed by atoms with E-state index in [0.717, 1.165) is 12.1 Å². The normalized spacial score (nSPS) is 27.8. The summed E-state index contributed by atoms with van der Waals surface area (Å²) in [6.07, 6.45) is 5.40. The number of nitrogens with zero attached hydrogens (tertiary/aromatic N) is 1. The zero-order chi connectivity index (χ0) is 9.10. The Morgan fingerprint density at radius 3 is 3.00 bits per heavy atom. The van der Waals surface area contributed by atoms with Gasteiger partial charge in [0.15, 0.2) is 0 Å². The Morgan fingerprint density at radius 2 is 2.31 bits per heavy atom. The second-order valence-corrected chi connectivity index (χ2v) is 3.73. The molecule has 2 atom stereocenters. The molecule has 0 aliphatic heterocycles. The second kappa shape index (κ2) is 3.88. The van der Waals surface area contributed by atoms with Crippen molar-refractivity contribution in [3.05, 3.63) is 30.1 Å². The maximum Gasteiger partial charge on any atom is 0.0465 e. The van der Waals surface area contributed by atoms with E-state index in [0.29, 0.717) is 18.4 Å². The van der Waals surface area contributed by atoms with E-state index < -0.39 is 0 Å². The van der Waals surface area contributed by atoms with Crippen molar-refractivity contribution in [2.45, 2.75) is 25.2 Å². The standard InChI is InChI=1S/C11H15NO/c13-8-9-4-3-5-10(9)11-6-1-2-7-12-11/h1-2,6-7,9-10,13H,3-5,8H2/t9-,10+/m0/s1. The van der Waals surface area contributed by atoms with E-state index in [1.165, 1.54) is 12.8 Å². The molecule has 1 fully saturated rings. The van der Waals surface area contributed by atoms with Crippen molar-refractivity contribution in [2.75, 3.05) is 6.61 Å². The molecule has 1 aromatic heterocycles. The molecule has 1 aliphatic carbocycles. The Kier molecular flexibility index (Phi) is 2.60. The fraction of sp³-hybridized carbons (Fsp3) is 0.545. The summed E-state index contributed by atoms with van der Waals surface area (Å²) in [6, 6.07) is 6.03. The van der Waals surface area contributed by atoms with Gasteiger partial charge in [-0.2, -0.15) is 0 Å². The predicted molar refractivity (Wildman–Crippen MR) is 51.4 cm³/mol. The summed E-state index contributed by atoms with van der Waals surface area (Å²) in [5.74, 6) is 0.932. The van der Waals surface area contributed by atoms with Gasteiger partial charge in [-0.25, -0.2) is 0 Å². The lowest BCUT2D eigenvalue weighted by Crippen LogP contribution is -2.11. The van der Waals surface area contributed by atoms with Crippen LogP contribution in [0.3, 0.4) is 0 Å². The highest BCUT2D eigenvalue weighted by Gasteiger charge is 2.28. The quantitative estimate of drug-likeness (QED) is 0.749. The number of rotatable bonds is 2. The van der Waals surface area contributed by atoms with E-state index >= 15 is 0 Å². The van der Waals surface area contributed by atoms with Crippen LogP contribution in [-0.4, -0.2) is 16.7 Å². The molecule has 0 aromatic carbocycles. The SMILES string of the molecule is OC[C@@H]1CCC[C@H]1c1ccccn1. The molecule has 1 aliphatic rings. The molecule has 1 heterocycles. The van der Waals surface area contributed by atoms with Crippen LogP contribution in [0.1, 0.15) is 30.9 Å². The van der Waals surface area contributed by atoms with Crippen LogP contribution >= 0.6 is 0 Å². The zero-order valence-corrected chi connectivity index (χ0v) is 7.69. The molecular formula is C11H15NO. The molecule has 1 aromatic rings. The first-order valence-corrected chi connectivity index (χ1v) is 4.93. The van der Waals surface area contributed by atoms with Gasteiger partial charge in [0, 0.05) is 24.4 Å². The lowest BCUT2D eigenvalue weighted by molar-refractivity contribution is 0.216. The van der Waals surface area contributed by atoms with E-state index in [1.807, 2.05) is 18.3 Å². The summed E-state index contributed by atoms with van der Waals surface area (Å²) in [7, 11) is 0. The molecule has 0 saturated heterocycles. The van der Waals surface area contributed by atoms with E-state index in [9.17, 15) is 0 Å². The third-order valence-electron chi connectivity index (χ3n) is 2.96. The average Bonchev–Trinajstić information content (AvgIpc) is 2.67. The first-order valence-electron chi connectivity index (χ1n) is 4.93. The van der Waals surface area contributed by atoms with Crippen LogP contribution in [0.2, 0.25) is 0 Å². The lowest BCUT2D eigenvalue weighted by atomic mass is 9.93. The largest absolute Gasteiger partial charge is 0.396 e. The molecular weight excluding hydrogens is 162 g/mol. The first-order chi connectivity index (χ1) is 6.42. The van der Waals surface area contributed by atoms with Gasteiger partial charge in [0.25, 0.3) is 0 Å². The zero-order valence-electron chi connectivity index (χ0n) is 7.69. The maximum atomic E-state index is 9.17. The smallest absolute Gasteiger partial charge is 0.0465 e. The fourth-order valence-electron chi connectivity index (χ4n) is 2.24. The molecule has 0 amide bonds.